The lowest BCUT2D eigenvalue weighted by atomic mass is 9.84. The van der Waals surface area contributed by atoms with Crippen molar-refractivity contribution in [3.8, 4) is 5.75 Å². The third-order valence-corrected chi connectivity index (χ3v) is 9.81. The zero-order valence-electron chi connectivity index (χ0n) is 20.3. The van der Waals surface area contributed by atoms with Gasteiger partial charge in [-0.05, 0) is 101 Å². The highest BCUT2D eigenvalue weighted by Gasteiger charge is 2.29. The van der Waals surface area contributed by atoms with Gasteiger partial charge in [0.05, 0.1) is 17.7 Å². The Balaban J connectivity index is 1.25. The van der Waals surface area contributed by atoms with E-state index in [0.29, 0.717) is 27.7 Å². The lowest BCUT2D eigenvalue weighted by Gasteiger charge is -2.36. The average molecular weight is 507 g/mol. The van der Waals surface area contributed by atoms with Crippen LogP contribution in [0.3, 0.4) is 0 Å². The predicted octanol–water partition coefficient (Wildman–Crippen LogP) is 4.23. The molecular weight excluding hydrogens is 468 g/mol. The fourth-order valence-electron chi connectivity index (χ4n) is 5.41. The second-order valence-corrected chi connectivity index (χ2v) is 12.5. The quantitative estimate of drug-likeness (QED) is 0.500. The van der Waals surface area contributed by atoms with Crippen LogP contribution in [0.1, 0.15) is 62.4 Å². The van der Waals surface area contributed by atoms with Gasteiger partial charge in [-0.3, -0.25) is 0 Å². The Hall–Kier alpha value is -1.68. The van der Waals surface area contributed by atoms with Gasteiger partial charge < -0.3 is 15.4 Å². The van der Waals surface area contributed by atoms with E-state index in [4.69, 9.17) is 10.5 Å². The summed E-state index contributed by atoms with van der Waals surface area (Å²) in [6, 6.07) is 7.17. The highest BCUT2D eigenvalue weighted by Crippen LogP contribution is 2.32. The van der Waals surface area contributed by atoms with Crippen molar-refractivity contribution in [3.63, 3.8) is 0 Å². The molecule has 4 rings (SSSR count). The number of nitrogens with two attached hydrogens (primary N) is 1. The van der Waals surface area contributed by atoms with Crippen molar-refractivity contribution >= 4 is 26.5 Å². The van der Waals surface area contributed by atoms with Gasteiger partial charge in [-0.1, -0.05) is 6.92 Å². The van der Waals surface area contributed by atoms with Gasteiger partial charge in [0.1, 0.15) is 5.75 Å². The van der Waals surface area contributed by atoms with Crippen LogP contribution in [0, 0.1) is 5.92 Å². The number of thiazole rings is 1. The maximum atomic E-state index is 12.8. The van der Waals surface area contributed by atoms with E-state index in [9.17, 15) is 8.42 Å². The molecule has 1 fully saturated rings. The van der Waals surface area contributed by atoms with Crippen molar-refractivity contribution in [2.45, 2.75) is 81.7 Å². The second-order valence-electron chi connectivity index (χ2n) is 9.66. The Bertz CT molecular complexity index is 1030. The molecule has 34 heavy (non-hydrogen) atoms. The van der Waals surface area contributed by atoms with Crippen molar-refractivity contribution in [2.24, 2.45) is 5.92 Å². The van der Waals surface area contributed by atoms with E-state index in [2.05, 4.69) is 21.5 Å². The fraction of sp³-hybridized carbons (Fsp3) is 0.640. The van der Waals surface area contributed by atoms with E-state index in [-0.39, 0.29) is 6.04 Å². The molecule has 0 spiro atoms. The van der Waals surface area contributed by atoms with Crippen LogP contribution in [0.15, 0.2) is 29.2 Å². The average Bonchev–Trinajstić information content (AvgIpc) is 3.21. The monoisotopic (exact) mass is 506 g/mol. The number of methoxy groups -OCH3 is 1. The van der Waals surface area contributed by atoms with Gasteiger partial charge in [-0.2, -0.15) is 0 Å². The van der Waals surface area contributed by atoms with E-state index in [1.54, 1.807) is 42.7 Å². The Morgan fingerprint density at radius 2 is 1.88 bits per heavy atom. The molecule has 1 atom stereocenters. The van der Waals surface area contributed by atoms with Gasteiger partial charge in [0, 0.05) is 17.0 Å². The summed E-state index contributed by atoms with van der Waals surface area (Å²) in [6.07, 6.45) is 9.58. The molecule has 7 nitrogen and oxygen atoms in total. The molecule has 9 heteroatoms. The molecule has 1 heterocycles. The van der Waals surface area contributed by atoms with Crippen LogP contribution in [-0.4, -0.2) is 50.6 Å². The maximum Gasteiger partial charge on any atom is 0.240 e. The number of ether oxygens (including phenoxy) is 1. The van der Waals surface area contributed by atoms with E-state index >= 15 is 0 Å². The van der Waals surface area contributed by atoms with Crippen LogP contribution in [0.2, 0.25) is 0 Å². The molecule has 188 valence electrons. The summed E-state index contributed by atoms with van der Waals surface area (Å²) < 4.78 is 33.6. The summed E-state index contributed by atoms with van der Waals surface area (Å²) in [7, 11) is -1.93. The van der Waals surface area contributed by atoms with Crippen molar-refractivity contribution in [2.75, 3.05) is 25.9 Å². The van der Waals surface area contributed by atoms with Crippen LogP contribution in [-0.2, 0) is 22.9 Å². The molecule has 2 aromatic rings. The molecule has 0 saturated heterocycles. The zero-order valence-corrected chi connectivity index (χ0v) is 22.0. The number of sulfonamides is 1. The highest BCUT2D eigenvalue weighted by atomic mass is 32.2. The van der Waals surface area contributed by atoms with E-state index in [1.807, 2.05) is 0 Å². The van der Waals surface area contributed by atoms with Crippen molar-refractivity contribution in [1.82, 2.24) is 14.6 Å². The first kappa shape index (κ1) is 25.4. The van der Waals surface area contributed by atoms with Gasteiger partial charge in [-0.15, -0.1) is 11.3 Å². The smallest absolute Gasteiger partial charge is 0.240 e. The van der Waals surface area contributed by atoms with Crippen LogP contribution in [0.25, 0.3) is 0 Å². The number of anilines is 1. The highest BCUT2D eigenvalue weighted by molar-refractivity contribution is 7.89. The van der Waals surface area contributed by atoms with Gasteiger partial charge in [0.2, 0.25) is 10.0 Å². The molecular formula is C25H38N4O3S2. The first-order chi connectivity index (χ1) is 16.4. The van der Waals surface area contributed by atoms with E-state index in [1.165, 1.54) is 17.0 Å². The molecule has 1 aromatic heterocycles. The summed E-state index contributed by atoms with van der Waals surface area (Å²) in [5.41, 5.74) is 7.15. The minimum atomic E-state index is -3.50. The third kappa shape index (κ3) is 6.30. The van der Waals surface area contributed by atoms with Crippen LogP contribution < -0.4 is 15.2 Å². The van der Waals surface area contributed by atoms with Crippen molar-refractivity contribution in [1.29, 1.82) is 0 Å². The number of hydrogen-bond acceptors (Lipinski definition) is 7. The van der Waals surface area contributed by atoms with Gasteiger partial charge in [-0.25, -0.2) is 18.1 Å². The number of aromatic nitrogens is 1. The maximum absolute atomic E-state index is 12.8. The third-order valence-electron chi connectivity index (χ3n) is 7.32. The minimum Gasteiger partial charge on any atom is -0.497 e. The molecule has 0 aliphatic heterocycles. The van der Waals surface area contributed by atoms with Gasteiger partial charge >= 0.3 is 0 Å². The minimum absolute atomic E-state index is 0.0173. The predicted molar refractivity (Wildman–Crippen MR) is 138 cm³/mol. The first-order valence-corrected chi connectivity index (χ1v) is 14.8. The molecule has 0 amide bonds. The standard InChI is InChI=1S/C25H38N4O3S2/c1-3-15-29(20-8-13-23-24(17-20)33-25(26)27-23)16-14-18-4-6-19(7-5-18)28-34(30,31)22-11-9-21(32-2)10-12-22/h9-12,18-20,28H,3-8,13-17H2,1-2H3,(H2,26,27)/t18?,19?,20-/m1/s1. The number of nitrogen functional groups attached to an aromatic ring is 1. The van der Waals surface area contributed by atoms with Crippen LogP contribution in [0.5, 0.6) is 5.75 Å². The topological polar surface area (TPSA) is 97.5 Å². The Kier molecular flexibility index (Phi) is 8.50. The summed E-state index contributed by atoms with van der Waals surface area (Å²) in [6.45, 7) is 4.51. The number of rotatable bonds is 10. The number of hydrogen-bond donors (Lipinski definition) is 2. The largest absolute Gasteiger partial charge is 0.497 e. The van der Waals surface area contributed by atoms with Crippen LogP contribution >= 0.6 is 11.3 Å². The molecule has 0 bridgehead atoms. The number of benzene rings is 1. The number of aryl methyl sites for hydroxylation is 1. The first-order valence-electron chi connectivity index (χ1n) is 12.5. The molecule has 2 aliphatic rings. The fourth-order valence-corrected chi connectivity index (χ4v) is 7.67. The molecule has 1 saturated carbocycles. The summed E-state index contributed by atoms with van der Waals surface area (Å²) in [4.78, 5) is 8.84. The molecule has 0 unspecified atom stereocenters. The van der Waals surface area contributed by atoms with E-state index in [0.717, 1.165) is 64.5 Å². The van der Waals surface area contributed by atoms with Crippen LogP contribution in [0.4, 0.5) is 5.13 Å². The lowest BCUT2D eigenvalue weighted by molar-refractivity contribution is 0.158. The summed E-state index contributed by atoms with van der Waals surface area (Å²) >= 11 is 1.66. The van der Waals surface area contributed by atoms with Gasteiger partial charge in [0.15, 0.2) is 5.13 Å². The molecule has 1 aromatic carbocycles. The van der Waals surface area contributed by atoms with Crippen molar-refractivity contribution < 1.29 is 13.2 Å². The molecule has 2 aliphatic carbocycles. The molecule has 3 N–H and O–H groups in total. The van der Waals surface area contributed by atoms with Gasteiger partial charge in [0.25, 0.3) is 0 Å². The second kappa shape index (κ2) is 11.4. The Morgan fingerprint density at radius 3 is 2.56 bits per heavy atom. The lowest BCUT2D eigenvalue weighted by Crippen LogP contribution is -2.41. The Morgan fingerprint density at radius 1 is 1.15 bits per heavy atom. The van der Waals surface area contributed by atoms with Crippen molar-refractivity contribution in [3.05, 3.63) is 34.8 Å². The number of fused-ring (bicyclic) bond motifs is 1. The number of nitrogens with one attached hydrogen (secondary N) is 1. The molecule has 0 radical (unpaired) electrons. The Labute approximate surface area is 208 Å². The normalized spacial score (nSPS) is 23.1. The SMILES string of the molecule is CCCN(CCC1CCC(NS(=O)(=O)c2ccc(OC)cc2)CC1)[C@@H]1CCc2nc(N)sc2C1. The number of nitrogens with zero attached hydrogens (tertiary/aromatic N) is 2. The van der Waals surface area contributed by atoms with E-state index < -0.39 is 10.0 Å². The summed E-state index contributed by atoms with van der Waals surface area (Å²) in [5.74, 6) is 1.32. The zero-order chi connectivity index (χ0) is 24.1. The summed E-state index contributed by atoms with van der Waals surface area (Å²) in [5, 5.41) is 0.701.